The Bertz CT molecular complexity index is 528. The normalized spacial score (nSPS) is 10.1. The Morgan fingerprint density at radius 3 is 2.69 bits per heavy atom. The van der Waals surface area contributed by atoms with E-state index in [0.717, 1.165) is 4.47 Å². The SMILES string of the molecule is O=C(c1ccc(Br)c(Cl)c1)c1ccccn1. The van der Waals surface area contributed by atoms with Crippen molar-refractivity contribution in [1.82, 2.24) is 4.98 Å². The molecular weight excluding hydrogens is 289 g/mol. The third kappa shape index (κ3) is 2.31. The molecule has 0 spiro atoms. The van der Waals surface area contributed by atoms with Crippen molar-refractivity contribution in [2.45, 2.75) is 0 Å². The van der Waals surface area contributed by atoms with Gasteiger partial charge in [0.05, 0.1) is 5.02 Å². The van der Waals surface area contributed by atoms with E-state index in [1.54, 1.807) is 42.6 Å². The van der Waals surface area contributed by atoms with Crippen molar-refractivity contribution in [1.29, 1.82) is 0 Å². The monoisotopic (exact) mass is 295 g/mol. The van der Waals surface area contributed by atoms with Crippen molar-refractivity contribution < 1.29 is 4.79 Å². The predicted octanol–water partition coefficient (Wildman–Crippen LogP) is 3.73. The highest BCUT2D eigenvalue weighted by Gasteiger charge is 2.10. The second-order valence-electron chi connectivity index (χ2n) is 3.17. The Balaban J connectivity index is 2.39. The molecule has 0 bridgehead atoms. The van der Waals surface area contributed by atoms with Crippen molar-refractivity contribution in [2.75, 3.05) is 0 Å². The van der Waals surface area contributed by atoms with Gasteiger partial charge in [-0.05, 0) is 46.3 Å². The molecule has 0 radical (unpaired) electrons. The highest BCUT2D eigenvalue weighted by molar-refractivity contribution is 9.10. The smallest absolute Gasteiger partial charge is 0.211 e. The van der Waals surface area contributed by atoms with E-state index in [0.29, 0.717) is 16.3 Å². The Kier molecular flexibility index (Phi) is 3.36. The summed E-state index contributed by atoms with van der Waals surface area (Å²) in [7, 11) is 0. The number of pyridine rings is 1. The zero-order valence-corrected chi connectivity index (χ0v) is 10.5. The molecule has 0 unspecified atom stereocenters. The number of nitrogens with zero attached hydrogens (tertiary/aromatic N) is 1. The summed E-state index contributed by atoms with van der Waals surface area (Å²) in [6.07, 6.45) is 1.59. The lowest BCUT2D eigenvalue weighted by molar-refractivity contribution is 0.103. The minimum atomic E-state index is -0.130. The van der Waals surface area contributed by atoms with Crippen LogP contribution in [0.2, 0.25) is 5.02 Å². The lowest BCUT2D eigenvalue weighted by Crippen LogP contribution is -2.03. The molecule has 1 heterocycles. The van der Waals surface area contributed by atoms with Gasteiger partial charge in [-0.25, -0.2) is 0 Å². The molecule has 16 heavy (non-hydrogen) atoms. The van der Waals surface area contributed by atoms with Crippen LogP contribution in [0.4, 0.5) is 0 Å². The minimum absolute atomic E-state index is 0.130. The number of ketones is 1. The van der Waals surface area contributed by atoms with Gasteiger partial charge in [0.25, 0.3) is 0 Å². The molecule has 2 nitrogen and oxygen atoms in total. The molecule has 0 N–H and O–H groups in total. The van der Waals surface area contributed by atoms with Crippen LogP contribution in [0.3, 0.4) is 0 Å². The third-order valence-corrected chi connectivity index (χ3v) is 3.31. The molecule has 1 aromatic carbocycles. The Hall–Kier alpha value is -1.19. The van der Waals surface area contributed by atoms with Crippen LogP contribution in [0, 0.1) is 0 Å². The van der Waals surface area contributed by atoms with E-state index in [9.17, 15) is 4.79 Å². The van der Waals surface area contributed by atoms with Crippen LogP contribution >= 0.6 is 27.5 Å². The first kappa shape index (κ1) is 11.3. The maximum Gasteiger partial charge on any atom is 0.211 e. The highest BCUT2D eigenvalue weighted by Crippen LogP contribution is 2.24. The number of carbonyl (C=O) groups excluding carboxylic acids is 1. The number of carbonyl (C=O) groups is 1. The van der Waals surface area contributed by atoms with Crippen molar-refractivity contribution in [3.8, 4) is 0 Å². The molecule has 0 atom stereocenters. The molecule has 2 aromatic rings. The number of hydrogen-bond acceptors (Lipinski definition) is 2. The van der Waals surface area contributed by atoms with Gasteiger partial charge in [-0.1, -0.05) is 17.7 Å². The van der Waals surface area contributed by atoms with Crippen LogP contribution in [0.5, 0.6) is 0 Å². The molecule has 1 aromatic heterocycles. The fourth-order valence-electron chi connectivity index (χ4n) is 1.28. The quantitative estimate of drug-likeness (QED) is 0.790. The average Bonchev–Trinajstić information content (AvgIpc) is 2.33. The maximum atomic E-state index is 12.0. The number of halogens is 2. The van der Waals surface area contributed by atoms with E-state index >= 15 is 0 Å². The molecule has 0 saturated heterocycles. The summed E-state index contributed by atoms with van der Waals surface area (Å²) in [6, 6.07) is 10.3. The Labute approximate surface area is 106 Å². The first-order chi connectivity index (χ1) is 7.68. The lowest BCUT2D eigenvalue weighted by Gasteiger charge is -2.01. The first-order valence-electron chi connectivity index (χ1n) is 4.59. The van der Waals surface area contributed by atoms with Gasteiger partial charge in [0, 0.05) is 16.2 Å². The summed E-state index contributed by atoms with van der Waals surface area (Å²) in [5.41, 5.74) is 0.952. The molecule has 0 aliphatic carbocycles. The van der Waals surface area contributed by atoms with Crippen molar-refractivity contribution >= 4 is 33.3 Å². The largest absolute Gasteiger partial charge is 0.287 e. The van der Waals surface area contributed by atoms with Gasteiger partial charge in [0.1, 0.15) is 5.69 Å². The summed E-state index contributed by atoms with van der Waals surface area (Å²) in [5, 5.41) is 0.516. The zero-order chi connectivity index (χ0) is 11.5. The van der Waals surface area contributed by atoms with E-state index < -0.39 is 0 Å². The number of rotatable bonds is 2. The lowest BCUT2D eigenvalue weighted by atomic mass is 10.1. The van der Waals surface area contributed by atoms with Gasteiger partial charge >= 0.3 is 0 Å². The molecule has 0 fully saturated rings. The third-order valence-electron chi connectivity index (χ3n) is 2.08. The number of hydrogen-bond donors (Lipinski definition) is 0. The summed E-state index contributed by atoms with van der Waals surface area (Å²) in [4.78, 5) is 16.0. The van der Waals surface area contributed by atoms with Crippen LogP contribution in [-0.2, 0) is 0 Å². The van der Waals surface area contributed by atoms with Gasteiger partial charge in [0.2, 0.25) is 5.78 Å². The zero-order valence-electron chi connectivity index (χ0n) is 8.15. The van der Waals surface area contributed by atoms with E-state index in [1.807, 2.05) is 0 Å². The minimum Gasteiger partial charge on any atom is -0.287 e. The summed E-state index contributed by atoms with van der Waals surface area (Å²) in [5.74, 6) is -0.130. The number of benzene rings is 1. The first-order valence-corrected chi connectivity index (χ1v) is 5.76. The molecule has 0 aliphatic rings. The fraction of sp³-hybridized carbons (Fsp3) is 0. The molecular formula is C12H7BrClNO. The highest BCUT2D eigenvalue weighted by atomic mass is 79.9. The van der Waals surface area contributed by atoms with Gasteiger partial charge in [-0.2, -0.15) is 0 Å². The van der Waals surface area contributed by atoms with Crippen LogP contribution < -0.4 is 0 Å². The van der Waals surface area contributed by atoms with Crippen molar-refractivity contribution in [3.63, 3.8) is 0 Å². The molecule has 0 aliphatic heterocycles. The van der Waals surface area contributed by atoms with Crippen molar-refractivity contribution in [2.24, 2.45) is 0 Å². The van der Waals surface area contributed by atoms with E-state index in [1.165, 1.54) is 0 Å². The van der Waals surface area contributed by atoms with Gasteiger partial charge < -0.3 is 0 Å². The molecule has 0 saturated carbocycles. The van der Waals surface area contributed by atoms with E-state index in [2.05, 4.69) is 20.9 Å². The maximum absolute atomic E-state index is 12.0. The second kappa shape index (κ2) is 4.76. The van der Waals surface area contributed by atoms with E-state index in [4.69, 9.17) is 11.6 Å². The second-order valence-corrected chi connectivity index (χ2v) is 4.43. The van der Waals surface area contributed by atoms with Crippen LogP contribution in [0.25, 0.3) is 0 Å². The molecule has 80 valence electrons. The summed E-state index contributed by atoms with van der Waals surface area (Å²) >= 11 is 9.20. The Morgan fingerprint density at radius 1 is 1.25 bits per heavy atom. The number of aromatic nitrogens is 1. The fourth-order valence-corrected chi connectivity index (χ4v) is 1.71. The topological polar surface area (TPSA) is 30.0 Å². The van der Waals surface area contributed by atoms with Crippen LogP contribution in [0.15, 0.2) is 47.1 Å². The van der Waals surface area contributed by atoms with Crippen molar-refractivity contribution in [3.05, 3.63) is 63.3 Å². The van der Waals surface area contributed by atoms with Crippen LogP contribution in [0.1, 0.15) is 16.1 Å². The predicted molar refractivity (Wildman–Crippen MR) is 66.8 cm³/mol. The average molecular weight is 297 g/mol. The Morgan fingerprint density at radius 2 is 2.06 bits per heavy atom. The van der Waals surface area contributed by atoms with E-state index in [-0.39, 0.29) is 5.78 Å². The molecule has 2 rings (SSSR count). The van der Waals surface area contributed by atoms with Gasteiger partial charge in [-0.3, -0.25) is 9.78 Å². The van der Waals surface area contributed by atoms with Gasteiger partial charge in [-0.15, -0.1) is 0 Å². The molecule has 4 heteroatoms. The summed E-state index contributed by atoms with van der Waals surface area (Å²) < 4.78 is 0.770. The van der Waals surface area contributed by atoms with Gasteiger partial charge in [0.15, 0.2) is 0 Å². The molecule has 0 amide bonds. The summed E-state index contributed by atoms with van der Waals surface area (Å²) in [6.45, 7) is 0. The van der Waals surface area contributed by atoms with Crippen LogP contribution in [-0.4, -0.2) is 10.8 Å². The standard InChI is InChI=1S/C12H7BrClNO/c13-9-5-4-8(7-10(9)14)12(16)11-3-1-2-6-15-11/h1-7H.